The van der Waals surface area contributed by atoms with Crippen LogP contribution in [0.25, 0.3) is 0 Å². The SMILES string of the molecule is COC(=O)C(C)(Cc1ccc(OCc2ccccc2)cc1)NC(=O)OC1C2CC3CC(C2)CC1C3. The molecular formula is C29H35NO5. The lowest BCUT2D eigenvalue weighted by molar-refractivity contribution is -0.148. The van der Waals surface area contributed by atoms with Gasteiger partial charge < -0.3 is 19.5 Å². The molecule has 0 radical (unpaired) electrons. The van der Waals surface area contributed by atoms with Crippen molar-refractivity contribution in [3.63, 3.8) is 0 Å². The maximum absolute atomic E-state index is 13.0. The second-order valence-electron chi connectivity index (χ2n) is 10.8. The van der Waals surface area contributed by atoms with Crippen molar-refractivity contribution in [2.45, 2.75) is 63.7 Å². The van der Waals surface area contributed by atoms with E-state index in [1.807, 2.05) is 54.6 Å². The summed E-state index contributed by atoms with van der Waals surface area (Å²) in [6.45, 7) is 2.18. The first kappa shape index (κ1) is 23.7. The molecular weight excluding hydrogens is 442 g/mol. The van der Waals surface area contributed by atoms with Crippen molar-refractivity contribution in [3.8, 4) is 5.75 Å². The first-order valence-electron chi connectivity index (χ1n) is 12.7. The van der Waals surface area contributed by atoms with E-state index in [1.54, 1.807) is 6.92 Å². The molecule has 4 aliphatic rings. The molecule has 1 amide bonds. The van der Waals surface area contributed by atoms with E-state index >= 15 is 0 Å². The molecule has 6 heteroatoms. The smallest absolute Gasteiger partial charge is 0.408 e. The zero-order valence-corrected chi connectivity index (χ0v) is 20.6. The summed E-state index contributed by atoms with van der Waals surface area (Å²) >= 11 is 0. The summed E-state index contributed by atoms with van der Waals surface area (Å²) in [5.74, 6) is 2.78. The lowest BCUT2D eigenvalue weighted by Crippen LogP contribution is -2.57. The Morgan fingerprint density at radius 1 is 0.886 bits per heavy atom. The fraction of sp³-hybridized carbons (Fsp3) is 0.517. The quantitative estimate of drug-likeness (QED) is 0.523. The topological polar surface area (TPSA) is 73.9 Å². The standard InChI is InChI=1S/C29H35NO5/c1-29(27(31)33-2,17-19-8-10-25(11-9-19)34-18-20-6-4-3-5-7-20)30-28(32)35-26-23-13-21-12-22(15-23)16-24(26)14-21/h3-11,21-24,26H,12-18H2,1-2H3,(H,30,32). The summed E-state index contributed by atoms with van der Waals surface area (Å²) in [4.78, 5) is 25.7. The molecule has 4 aliphatic carbocycles. The number of amides is 1. The van der Waals surface area contributed by atoms with Crippen LogP contribution in [-0.2, 0) is 27.3 Å². The minimum Gasteiger partial charge on any atom is -0.489 e. The largest absolute Gasteiger partial charge is 0.489 e. The lowest BCUT2D eigenvalue weighted by atomic mass is 9.55. The number of ether oxygens (including phenoxy) is 3. The van der Waals surface area contributed by atoms with Crippen LogP contribution in [0.3, 0.4) is 0 Å². The fourth-order valence-electron chi connectivity index (χ4n) is 6.69. The highest BCUT2D eigenvalue weighted by Crippen LogP contribution is 2.54. The maximum Gasteiger partial charge on any atom is 0.408 e. The Morgan fingerprint density at radius 3 is 2.11 bits per heavy atom. The Kier molecular flexibility index (Phi) is 6.72. The van der Waals surface area contributed by atoms with E-state index in [0.29, 0.717) is 18.4 Å². The monoisotopic (exact) mass is 477 g/mol. The van der Waals surface area contributed by atoms with Crippen molar-refractivity contribution in [3.05, 3.63) is 65.7 Å². The second-order valence-corrected chi connectivity index (χ2v) is 10.8. The fourth-order valence-corrected chi connectivity index (χ4v) is 6.69. The lowest BCUT2D eigenvalue weighted by Gasteiger charge is -2.53. The molecule has 0 saturated heterocycles. The third kappa shape index (κ3) is 5.31. The van der Waals surface area contributed by atoms with E-state index in [9.17, 15) is 9.59 Å². The van der Waals surface area contributed by atoms with Crippen LogP contribution in [0.15, 0.2) is 54.6 Å². The highest BCUT2D eigenvalue weighted by atomic mass is 16.6. The summed E-state index contributed by atoms with van der Waals surface area (Å²) in [6.07, 6.45) is 5.73. The van der Waals surface area contributed by atoms with Gasteiger partial charge in [-0.1, -0.05) is 42.5 Å². The van der Waals surface area contributed by atoms with E-state index in [1.165, 1.54) is 13.5 Å². The van der Waals surface area contributed by atoms with Crippen LogP contribution in [0, 0.1) is 23.7 Å². The predicted molar refractivity (Wildman–Crippen MR) is 132 cm³/mol. The Balaban J connectivity index is 1.20. The molecule has 35 heavy (non-hydrogen) atoms. The molecule has 4 saturated carbocycles. The molecule has 1 atom stereocenters. The number of carbonyl (C=O) groups is 2. The van der Waals surface area contributed by atoms with Crippen LogP contribution >= 0.6 is 0 Å². The molecule has 6 nitrogen and oxygen atoms in total. The van der Waals surface area contributed by atoms with Gasteiger partial charge in [0, 0.05) is 6.42 Å². The Morgan fingerprint density at radius 2 is 1.51 bits per heavy atom. The van der Waals surface area contributed by atoms with E-state index in [2.05, 4.69) is 5.32 Å². The van der Waals surface area contributed by atoms with Crippen molar-refractivity contribution in [2.24, 2.45) is 23.7 Å². The van der Waals surface area contributed by atoms with Gasteiger partial charge in [0.15, 0.2) is 0 Å². The predicted octanol–water partition coefficient (Wildman–Crippen LogP) is 5.29. The van der Waals surface area contributed by atoms with Crippen molar-refractivity contribution in [2.75, 3.05) is 7.11 Å². The number of nitrogens with one attached hydrogen (secondary N) is 1. The first-order valence-corrected chi connectivity index (χ1v) is 12.7. The van der Waals surface area contributed by atoms with Crippen molar-refractivity contribution in [1.29, 1.82) is 0 Å². The number of rotatable bonds is 8. The Labute approximate surface area is 207 Å². The number of hydrogen-bond acceptors (Lipinski definition) is 5. The van der Waals surface area contributed by atoms with Crippen LogP contribution < -0.4 is 10.1 Å². The molecule has 0 spiro atoms. The molecule has 2 aromatic carbocycles. The molecule has 4 fully saturated rings. The van der Waals surface area contributed by atoms with Gasteiger partial charge in [-0.3, -0.25) is 0 Å². The minimum atomic E-state index is -1.23. The Bertz CT molecular complexity index is 1010. The van der Waals surface area contributed by atoms with E-state index in [-0.39, 0.29) is 12.5 Å². The van der Waals surface area contributed by atoms with E-state index < -0.39 is 17.6 Å². The summed E-state index contributed by atoms with van der Waals surface area (Å²) in [5.41, 5.74) is 0.751. The number of esters is 1. The van der Waals surface area contributed by atoms with Crippen LogP contribution in [-0.4, -0.2) is 30.8 Å². The van der Waals surface area contributed by atoms with Crippen LogP contribution in [0.1, 0.15) is 50.2 Å². The van der Waals surface area contributed by atoms with Gasteiger partial charge in [0.2, 0.25) is 0 Å². The molecule has 1 unspecified atom stereocenters. The Hall–Kier alpha value is -3.02. The van der Waals surface area contributed by atoms with Gasteiger partial charge in [0.1, 0.15) is 24.0 Å². The van der Waals surface area contributed by atoms with Gasteiger partial charge in [0.05, 0.1) is 7.11 Å². The van der Waals surface area contributed by atoms with Gasteiger partial charge in [-0.15, -0.1) is 0 Å². The molecule has 4 bridgehead atoms. The number of carbonyl (C=O) groups excluding carboxylic acids is 2. The third-order valence-electron chi connectivity index (χ3n) is 8.13. The summed E-state index contributed by atoms with van der Waals surface area (Å²) < 4.78 is 16.9. The summed E-state index contributed by atoms with van der Waals surface area (Å²) in [6, 6.07) is 17.6. The van der Waals surface area contributed by atoms with Gasteiger partial charge in [0.25, 0.3) is 0 Å². The van der Waals surface area contributed by atoms with Gasteiger partial charge in [-0.05, 0) is 86.0 Å². The summed E-state index contributed by atoms with van der Waals surface area (Å²) in [7, 11) is 1.34. The van der Waals surface area contributed by atoms with Crippen molar-refractivity contribution >= 4 is 12.1 Å². The molecule has 2 aromatic rings. The van der Waals surface area contributed by atoms with Gasteiger partial charge in [-0.2, -0.15) is 0 Å². The van der Waals surface area contributed by atoms with Crippen LogP contribution in [0.2, 0.25) is 0 Å². The number of methoxy groups -OCH3 is 1. The maximum atomic E-state index is 13.0. The van der Waals surface area contributed by atoms with Gasteiger partial charge in [-0.25, -0.2) is 9.59 Å². The zero-order chi connectivity index (χ0) is 24.4. The minimum absolute atomic E-state index is 0.0363. The molecule has 1 N–H and O–H groups in total. The number of hydrogen-bond donors (Lipinski definition) is 1. The molecule has 0 aromatic heterocycles. The first-order chi connectivity index (χ1) is 16.9. The normalized spacial score (nSPS) is 28.1. The second kappa shape index (κ2) is 9.92. The van der Waals surface area contributed by atoms with Crippen LogP contribution in [0.5, 0.6) is 5.75 Å². The van der Waals surface area contributed by atoms with E-state index in [0.717, 1.165) is 54.4 Å². The zero-order valence-electron chi connectivity index (χ0n) is 20.6. The molecule has 0 heterocycles. The highest BCUT2D eigenvalue weighted by Gasteiger charge is 2.50. The number of benzene rings is 2. The molecule has 6 rings (SSSR count). The van der Waals surface area contributed by atoms with Crippen molar-refractivity contribution in [1.82, 2.24) is 5.32 Å². The number of alkyl carbamates (subject to hydrolysis) is 1. The van der Waals surface area contributed by atoms with Crippen molar-refractivity contribution < 1.29 is 23.8 Å². The van der Waals surface area contributed by atoms with E-state index in [4.69, 9.17) is 14.2 Å². The average Bonchev–Trinajstić information content (AvgIpc) is 2.85. The molecule has 186 valence electrons. The van der Waals surface area contributed by atoms with Crippen LogP contribution in [0.4, 0.5) is 4.79 Å². The highest BCUT2D eigenvalue weighted by molar-refractivity contribution is 5.85. The van der Waals surface area contributed by atoms with Gasteiger partial charge >= 0.3 is 12.1 Å². The average molecular weight is 478 g/mol. The molecule has 0 aliphatic heterocycles. The third-order valence-corrected chi connectivity index (χ3v) is 8.13. The summed E-state index contributed by atoms with van der Waals surface area (Å²) in [5, 5.41) is 2.85.